The molecule has 3 aliphatic heterocycles. The number of carbonyl (C=O) groups excluding carboxylic acids is 1. The molecule has 146 valence electrons. The van der Waals surface area contributed by atoms with Crippen molar-refractivity contribution in [1.29, 1.82) is 0 Å². The monoisotopic (exact) mass is 390 g/mol. The minimum atomic E-state index is -0.489. The van der Waals surface area contributed by atoms with Crippen molar-refractivity contribution in [3.05, 3.63) is 40.6 Å². The van der Waals surface area contributed by atoms with Crippen LogP contribution in [-0.2, 0) is 0 Å². The molecule has 2 fully saturated rings. The second kappa shape index (κ2) is 8.65. The van der Waals surface area contributed by atoms with Gasteiger partial charge in [-0.2, -0.15) is 0 Å². The summed E-state index contributed by atoms with van der Waals surface area (Å²) in [5, 5.41) is 0. The van der Waals surface area contributed by atoms with Crippen LogP contribution >= 0.6 is 11.8 Å². The van der Waals surface area contributed by atoms with Crippen molar-refractivity contribution in [3.8, 4) is 5.75 Å². The number of ether oxygens (including phenoxy) is 1. The molecule has 6 heteroatoms. The molecule has 4 nitrogen and oxygen atoms in total. The number of halogens is 1. The molecule has 0 spiro atoms. The normalized spacial score (nSPS) is 23.1. The van der Waals surface area contributed by atoms with E-state index in [4.69, 9.17) is 4.74 Å². The zero-order valence-corrected chi connectivity index (χ0v) is 16.5. The van der Waals surface area contributed by atoms with Gasteiger partial charge in [-0.1, -0.05) is 6.08 Å². The van der Waals surface area contributed by atoms with Gasteiger partial charge >= 0.3 is 0 Å². The van der Waals surface area contributed by atoms with Crippen molar-refractivity contribution in [1.82, 2.24) is 9.80 Å². The molecular formula is C21H27FN2O2S. The molecule has 0 aliphatic carbocycles. The van der Waals surface area contributed by atoms with Crippen LogP contribution in [0.3, 0.4) is 0 Å². The average molecular weight is 391 g/mol. The zero-order valence-electron chi connectivity index (χ0n) is 15.7. The quantitative estimate of drug-likeness (QED) is 0.737. The number of thioether (sulfide) groups is 1. The molecule has 1 amide bonds. The molecule has 0 unspecified atom stereocenters. The second-order valence-corrected chi connectivity index (χ2v) is 8.76. The van der Waals surface area contributed by atoms with Gasteiger partial charge in [-0.25, -0.2) is 4.39 Å². The van der Waals surface area contributed by atoms with E-state index in [2.05, 4.69) is 11.0 Å². The smallest absolute Gasteiger partial charge is 0.257 e. The van der Waals surface area contributed by atoms with Gasteiger partial charge in [-0.15, -0.1) is 11.8 Å². The second-order valence-electron chi connectivity index (χ2n) is 7.54. The van der Waals surface area contributed by atoms with Gasteiger partial charge in [0.2, 0.25) is 0 Å². The Morgan fingerprint density at radius 2 is 2.07 bits per heavy atom. The first-order chi connectivity index (χ1) is 13.2. The molecule has 0 N–H and O–H groups in total. The first kappa shape index (κ1) is 18.8. The molecule has 0 saturated carbocycles. The highest BCUT2D eigenvalue weighted by Crippen LogP contribution is 2.27. The molecule has 1 aromatic carbocycles. The molecule has 1 aromatic rings. The molecule has 4 rings (SSSR count). The van der Waals surface area contributed by atoms with Crippen molar-refractivity contribution in [2.75, 3.05) is 38.5 Å². The molecule has 3 aliphatic rings. The third kappa shape index (κ3) is 4.49. The van der Waals surface area contributed by atoms with Crippen LogP contribution in [-0.4, -0.2) is 60.3 Å². The van der Waals surface area contributed by atoms with Gasteiger partial charge in [0.25, 0.3) is 5.91 Å². The third-order valence-corrected chi connectivity index (χ3v) is 6.73. The van der Waals surface area contributed by atoms with Gasteiger partial charge in [0.1, 0.15) is 18.2 Å². The van der Waals surface area contributed by atoms with Crippen LogP contribution in [0.2, 0.25) is 0 Å². The lowest BCUT2D eigenvalue weighted by atomic mass is 10.1. The highest BCUT2D eigenvalue weighted by Gasteiger charge is 2.32. The minimum Gasteiger partial charge on any atom is -0.488 e. The summed E-state index contributed by atoms with van der Waals surface area (Å²) in [6.45, 7) is 4.35. The summed E-state index contributed by atoms with van der Waals surface area (Å²) < 4.78 is 20.3. The number of likely N-dealkylation sites (tertiary alicyclic amines) is 2. The van der Waals surface area contributed by atoms with Crippen LogP contribution in [0.15, 0.2) is 29.2 Å². The topological polar surface area (TPSA) is 32.8 Å². The number of amides is 1. The Balaban J connectivity index is 1.39. The van der Waals surface area contributed by atoms with Gasteiger partial charge in [0, 0.05) is 35.9 Å². The summed E-state index contributed by atoms with van der Waals surface area (Å²) in [6.07, 6.45) is 7.72. The van der Waals surface area contributed by atoms with E-state index in [1.807, 2.05) is 4.90 Å². The third-order valence-electron chi connectivity index (χ3n) is 5.64. The van der Waals surface area contributed by atoms with Gasteiger partial charge in [-0.3, -0.25) is 4.79 Å². The Labute approximate surface area is 164 Å². The number of hydrogen-bond donors (Lipinski definition) is 0. The maximum Gasteiger partial charge on any atom is 0.257 e. The van der Waals surface area contributed by atoms with Crippen LogP contribution in [0.1, 0.15) is 42.5 Å². The first-order valence-corrected chi connectivity index (χ1v) is 11.0. The molecule has 0 bridgehead atoms. The van der Waals surface area contributed by atoms with Gasteiger partial charge < -0.3 is 14.5 Å². The number of allylic oxidation sites excluding steroid dienone is 1. The average Bonchev–Trinajstić information content (AvgIpc) is 3.43. The maximum atomic E-state index is 14.6. The lowest BCUT2D eigenvalue weighted by Gasteiger charge is -2.28. The number of carbonyl (C=O) groups is 1. The van der Waals surface area contributed by atoms with Crippen molar-refractivity contribution in [3.63, 3.8) is 0 Å². The van der Waals surface area contributed by atoms with E-state index in [-0.39, 0.29) is 17.5 Å². The van der Waals surface area contributed by atoms with E-state index in [1.54, 1.807) is 23.9 Å². The first-order valence-electron chi connectivity index (χ1n) is 9.98. The van der Waals surface area contributed by atoms with E-state index in [9.17, 15) is 9.18 Å². The van der Waals surface area contributed by atoms with Crippen molar-refractivity contribution in [2.24, 2.45) is 0 Å². The van der Waals surface area contributed by atoms with E-state index < -0.39 is 5.82 Å². The van der Waals surface area contributed by atoms with Crippen LogP contribution in [0.4, 0.5) is 4.39 Å². The van der Waals surface area contributed by atoms with Crippen LogP contribution in [0.25, 0.3) is 0 Å². The number of benzene rings is 1. The van der Waals surface area contributed by atoms with Crippen molar-refractivity contribution in [2.45, 2.75) is 38.1 Å². The summed E-state index contributed by atoms with van der Waals surface area (Å²) in [5.74, 6) is 0.897. The fourth-order valence-electron chi connectivity index (χ4n) is 4.19. The summed E-state index contributed by atoms with van der Waals surface area (Å²) >= 11 is 1.78. The van der Waals surface area contributed by atoms with Crippen molar-refractivity contribution >= 4 is 17.7 Å². The standard InChI is InChI=1S/C21H27FN2O2S/c22-20-13-17(26-15-18-6-4-12-27-18)7-8-19(20)21(25)24-11-3-5-16(24)14-23-9-1-2-10-23/h6-8,13,16H,1-5,9-12,14-15H2/t16-/m0/s1. The molecule has 3 heterocycles. The Hall–Kier alpha value is -1.53. The van der Waals surface area contributed by atoms with Crippen LogP contribution in [0.5, 0.6) is 5.75 Å². The Kier molecular flexibility index (Phi) is 6.03. The molecule has 27 heavy (non-hydrogen) atoms. The minimum absolute atomic E-state index is 0.158. The fraction of sp³-hybridized carbons (Fsp3) is 0.571. The SMILES string of the molecule is O=C(c1ccc(OCC2=CCCS2)cc1F)N1CCC[C@H]1CN1CCCC1. The number of rotatable bonds is 6. The maximum absolute atomic E-state index is 14.6. The fourth-order valence-corrected chi connectivity index (χ4v) is 5.07. The van der Waals surface area contributed by atoms with Crippen molar-refractivity contribution < 1.29 is 13.9 Å². The molecule has 1 atom stereocenters. The zero-order chi connectivity index (χ0) is 18.6. The van der Waals surface area contributed by atoms with Gasteiger partial charge in [-0.05, 0) is 57.3 Å². The van der Waals surface area contributed by atoms with Gasteiger partial charge in [0.05, 0.1) is 5.56 Å². The Bertz CT molecular complexity index is 718. The number of hydrogen-bond acceptors (Lipinski definition) is 4. The predicted octanol–water partition coefficient (Wildman–Crippen LogP) is 3.93. The summed E-state index contributed by atoms with van der Waals surface area (Å²) in [7, 11) is 0. The lowest BCUT2D eigenvalue weighted by Crippen LogP contribution is -2.42. The van der Waals surface area contributed by atoms with Crippen LogP contribution < -0.4 is 4.74 Å². The van der Waals surface area contributed by atoms with E-state index in [0.717, 1.165) is 51.2 Å². The lowest BCUT2D eigenvalue weighted by molar-refractivity contribution is 0.0704. The number of nitrogens with zero attached hydrogens (tertiary/aromatic N) is 2. The Morgan fingerprint density at radius 1 is 1.22 bits per heavy atom. The highest BCUT2D eigenvalue weighted by molar-refractivity contribution is 8.03. The largest absolute Gasteiger partial charge is 0.488 e. The van der Waals surface area contributed by atoms with Gasteiger partial charge in [0.15, 0.2) is 0 Å². The highest BCUT2D eigenvalue weighted by atomic mass is 32.2. The van der Waals surface area contributed by atoms with E-state index in [1.165, 1.54) is 23.8 Å². The van der Waals surface area contributed by atoms with Crippen LogP contribution in [0, 0.1) is 5.82 Å². The summed E-state index contributed by atoms with van der Waals surface area (Å²) in [6, 6.07) is 4.84. The molecule has 0 aromatic heterocycles. The van der Waals surface area contributed by atoms with E-state index >= 15 is 0 Å². The van der Waals surface area contributed by atoms with E-state index in [0.29, 0.717) is 12.4 Å². The Morgan fingerprint density at radius 3 is 2.81 bits per heavy atom. The summed E-state index contributed by atoms with van der Waals surface area (Å²) in [4.78, 5) is 18.4. The summed E-state index contributed by atoms with van der Waals surface area (Å²) in [5.41, 5.74) is 0.158. The molecular weight excluding hydrogens is 363 g/mol. The predicted molar refractivity (Wildman–Crippen MR) is 107 cm³/mol. The molecule has 0 radical (unpaired) electrons. The molecule has 2 saturated heterocycles.